The molecule has 118 valence electrons. The maximum Gasteiger partial charge on any atom is 0.406 e. The van der Waals surface area contributed by atoms with Crippen LogP contribution in [0.1, 0.15) is 39.5 Å². The van der Waals surface area contributed by atoms with Gasteiger partial charge in [0.15, 0.2) is 0 Å². The number of alkyl halides is 3. The Labute approximate surface area is 116 Å². The number of rotatable bonds is 8. The first-order valence-corrected chi connectivity index (χ1v) is 6.56. The highest BCUT2D eigenvalue weighted by atomic mass is 19.4. The number of carbonyl (C=O) groups excluding carboxylic acids is 1. The number of carbonyl (C=O) groups is 2. The van der Waals surface area contributed by atoms with E-state index in [0.717, 1.165) is 6.42 Å². The average molecular weight is 298 g/mol. The molecule has 0 aliphatic heterocycles. The fourth-order valence-electron chi connectivity index (χ4n) is 1.64. The quantitative estimate of drug-likeness (QED) is 0.723. The van der Waals surface area contributed by atoms with E-state index in [0.29, 0.717) is 17.7 Å². The normalized spacial score (nSPS) is 12.8. The number of halogens is 3. The lowest BCUT2D eigenvalue weighted by Crippen LogP contribution is -2.50. The molecule has 0 radical (unpaired) electrons. The molecule has 0 spiro atoms. The molecule has 0 heterocycles. The van der Waals surface area contributed by atoms with Crippen molar-refractivity contribution in [3.05, 3.63) is 0 Å². The number of hydrogen-bond acceptors (Lipinski definition) is 2. The van der Waals surface area contributed by atoms with Gasteiger partial charge in [-0.15, -0.1) is 0 Å². The van der Waals surface area contributed by atoms with Crippen molar-refractivity contribution in [3.63, 3.8) is 0 Å². The number of nitrogens with one attached hydrogen (secondary N) is 1. The van der Waals surface area contributed by atoms with Crippen molar-refractivity contribution in [1.29, 1.82) is 0 Å². The first-order chi connectivity index (χ1) is 9.21. The average Bonchev–Trinajstić information content (AvgIpc) is 2.31. The van der Waals surface area contributed by atoms with Crippen molar-refractivity contribution in [2.45, 2.75) is 51.7 Å². The van der Waals surface area contributed by atoms with E-state index in [1.165, 1.54) is 0 Å². The van der Waals surface area contributed by atoms with Crippen LogP contribution in [0.5, 0.6) is 0 Å². The van der Waals surface area contributed by atoms with Gasteiger partial charge in [0.1, 0.15) is 12.6 Å². The van der Waals surface area contributed by atoms with Crippen LogP contribution in [-0.2, 0) is 4.79 Å². The van der Waals surface area contributed by atoms with Crippen LogP contribution >= 0.6 is 0 Å². The molecule has 0 saturated heterocycles. The summed E-state index contributed by atoms with van der Waals surface area (Å²) in [4.78, 5) is 23.3. The van der Waals surface area contributed by atoms with Crippen molar-refractivity contribution >= 4 is 12.0 Å². The lowest BCUT2D eigenvalue weighted by atomic mass is 10.1. The molecular formula is C12H21F3N2O3. The van der Waals surface area contributed by atoms with Gasteiger partial charge in [0.2, 0.25) is 0 Å². The summed E-state index contributed by atoms with van der Waals surface area (Å²) in [7, 11) is 0. The highest BCUT2D eigenvalue weighted by Crippen LogP contribution is 2.17. The highest BCUT2D eigenvalue weighted by molar-refractivity contribution is 5.82. The zero-order chi connectivity index (χ0) is 15.8. The standard InChI is InChI=1S/C12H21F3N2O3/c1-3-5-6-9(10(18)19)16-11(20)17(7-4-2)8-12(13,14)15/h9H,3-8H2,1-2H3,(H,16,20)(H,18,19). The zero-order valence-corrected chi connectivity index (χ0v) is 11.7. The second kappa shape index (κ2) is 8.65. The van der Waals surface area contributed by atoms with Gasteiger partial charge >= 0.3 is 18.2 Å². The van der Waals surface area contributed by atoms with Crippen LogP contribution in [0.2, 0.25) is 0 Å². The van der Waals surface area contributed by atoms with Gasteiger partial charge in [0.05, 0.1) is 0 Å². The molecule has 0 rings (SSSR count). The van der Waals surface area contributed by atoms with E-state index in [-0.39, 0.29) is 13.0 Å². The molecule has 1 atom stereocenters. The fraction of sp³-hybridized carbons (Fsp3) is 0.833. The summed E-state index contributed by atoms with van der Waals surface area (Å²) in [5.74, 6) is -1.24. The number of nitrogens with zero attached hydrogens (tertiary/aromatic N) is 1. The topological polar surface area (TPSA) is 69.6 Å². The predicted octanol–water partition coefficient (Wildman–Crippen LogP) is 2.61. The molecule has 8 heteroatoms. The van der Waals surface area contributed by atoms with Crippen molar-refractivity contribution in [1.82, 2.24) is 10.2 Å². The van der Waals surface area contributed by atoms with Crippen LogP contribution in [0, 0.1) is 0 Å². The summed E-state index contributed by atoms with van der Waals surface area (Å²) in [6.45, 7) is 2.04. The molecule has 0 aliphatic rings. The van der Waals surface area contributed by atoms with Crippen LogP contribution in [-0.4, -0.2) is 47.3 Å². The van der Waals surface area contributed by atoms with Crippen molar-refractivity contribution in [3.8, 4) is 0 Å². The van der Waals surface area contributed by atoms with Gasteiger partial charge in [0, 0.05) is 6.54 Å². The molecule has 0 aliphatic carbocycles. The number of carboxylic acids is 1. The number of amides is 2. The lowest BCUT2D eigenvalue weighted by molar-refractivity contribution is -0.141. The third-order valence-electron chi connectivity index (χ3n) is 2.59. The van der Waals surface area contributed by atoms with E-state index in [1.54, 1.807) is 6.92 Å². The van der Waals surface area contributed by atoms with Gasteiger partial charge in [-0.2, -0.15) is 13.2 Å². The molecule has 0 aromatic rings. The SMILES string of the molecule is CCCCC(NC(=O)N(CCC)CC(F)(F)F)C(=O)O. The summed E-state index contributed by atoms with van der Waals surface area (Å²) in [5.41, 5.74) is 0. The Bertz CT molecular complexity index is 322. The predicted molar refractivity (Wildman–Crippen MR) is 67.4 cm³/mol. The minimum atomic E-state index is -4.51. The van der Waals surface area contributed by atoms with E-state index in [9.17, 15) is 22.8 Å². The van der Waals surface area contributed by atoms with Crippen LogP contribution in [0.25, 0.3) is 0 Å². The molecule has 20 heavy (non-hydrogen) atoms. The molecule has 0 bridgehead atoms. The zero-order valence-electron chi connectivity index (χ0n) is 11.7. The van der Waals surface area contributed by atoms with Crippen LogP contribution in [0.4, 0.5) is 18.0 Å². The smallest absolute Gasteiger partial charge is 0.406 e. The number of urea groups is 1. The van der Waals surface area contributed by atoms with Crippen molar-refractivity contribution < 1.29 is 27.9 Å². The van der Waals surface area contributed by atoms with Gasteiger partial charge < -0.3 is 15.3 Å². The second-order valence-electron chi connectivity index (χ2n) is 4.52. The molecule has 0 saturated carbocycles. The molecule has 2 N–H and O–H groups in total. The molecule has 0 aromatic carbocycles. The van der Waals surface area contributed by atoms with E-state index in [1.807, 2.05) is 6.92 Å². The van der Waals surface area contributed by atoms with Gasteiger partial charge in [-0.05, 0) is 12.8 Å². The Morgan fingerprint density at radius 2 is 1.85 bits per heavy atom. The van der Waals surface area contributed by atoms with Crippen LogP contribution < -0.4 is 5.32 Å². The summed E-state index contributed by atoms with van der Waals surface area (Å²) in [5, 5.41) is 11.1. The third-order valence-corrected chi connectivity index (χ3v) is 2.59. The summed E-state index contributed by atoms with van der Waals surface area (Å²) in [6.07, 6.45) is -2.64. The number of aliphatic carboxylic acids is 1. The maximum atomic E-state index is 12.4. The summed E-state index contributed by atoms with van der Waals surface area (Å²) < 4.78 is 37.1. The molecule has 5 nitrogen and oxygen atoms in total. The van der Waals surface area contributed by atoms with Crippen LogP contribution in [0.15, 0.2) is 0 Å². The molecule has 0 aromatic heterocycles. The minimum absolute atomic E-state index is 0.0779. The fourth-order valence-corrected chi connectivity index (χ4v) is 1.64. The number of carboxylic acid groups (broad SMARTS) is 1. The monoisotopic (exact) mass is 298 g/mol. The Balaban J connectivity index is 4.66. The second-order valence-corrected chi connectivity index (χ2v) is 4.52. The molecule has 1 unspecified atom stereocenters. The van der Waals surface area contributed by atoms with Crippen molar-refractivity contribution in [2.24, 2.45) is 0 Å². The Kier molecular flexibility index (Phi) is 8.02. The van der Waals surface area contributed by atoms with E-state index in [4.69, 9.17) is 5.11 Å². The molecular weight excluding hydrogens is 277 g/mol. The van der Waals surface area contributed by atoms with Crippen molar-refractivity contribution in [2.75, 3.05) is 13.1 Å². The van der Waals surface area contributed by atoms with Crippen LogP contribution in [0.3, 0.4) is 0 Å². The van der Waals surface area contributed by atoms with E-state index in [2.05, 4.69) is 5.32 Å². The lowest BCUT2D eigenvalue weighted by Gasteiger charge is -2.25. The largest absolute Gasteiger partial charge is 0.480 e. The Morgan fingerprint density at radius 3 is 2.25 bits per heavy atom. The maximum absolute atomic E-state index is 12.4. The van der Waals surface area contributed by atoms with Gasteiger partial charge in [-0.1, -0.05) is 26.7 Å². The first-order valence-electron chi connectivity index (χ1n) is 6.56. The number of hydrogen-bond donors (Lipinski definition) is 2. The molecule has 2 amide bonds. The van der Waals surface area contributed by atoms with E-state index >= 15 is 0 Å². The third kappa shape index (κ3) is 7.85. The Hall–Kier alpha value is -1.47. The highest BCUT2D eigenvalue weighted by Gasteiger charge is 2.33. The van der Waals surface area contributed by atoms with Gasteiger partial charge in [-0.25, -0.2) is 9.59 Å². The summed E-state index contributed by atoms with van der Waals surface area (Å²) >= 11 is 0. The van der Waals surface area contributed by atoms with E-state index < -0.39 is 30.8 Å². The van der Waals surface area contributed by atoms with Gasteiger partial charge in [-0.3, -0.25) is 0 Å². The van der Waals surface area contributed by atoms with Gasteiger partial charge in [0.25, 0.3) is 0 Å². The minimum Gasteiger partial charge on any atom is -0.480 e. The molecule has 0 fully saturated rings. The summed E-state index contributed by atoms with van der Waals surface area (Å²) in [6, 6.07) is -2.15. The Morgan fingerprint density at radius 1 is 1.25 bits per heavy atom. The first kappa shape index (κ1) is 18.5. The number of unbranched alkanes of at least 4 members (excludes halogenated alkanes) is 1.